The molecule has 0 aromatic heterocycles. The zero-order chi connectivity index (χ0) is 10.8. The van der Waals surface area contributed by atoms with Crippen LogP contribution in [0.15, 0.2) is 24.3 Å². The van der Waals surface area contributed by atoms with Crippen molar-refractivity contribution < 1.29 is 14.9 Å². The Morgan fingerprint density at radius 2 is 1.79 bits per heavy atom. The van der Waals surface area contributed by atoms with Gasteiger partial charge >= 0.3 is 0 Å². The number of hydrogen-bond donors (Lipinski definition) is 2. The van der Waals surface area contributed by atoms with E-state index in [0.29, 0.717) is 5.56 Å². The summed E-state index contributed by atoms with van der Waals surface area (Å²) < 4.78 is 5.00. The fourth-order valence-corrected chi connectivity index (χ4v) is 1.17. The third-order valence-electron chi connectivity index (χ3n) is 2.49. The fourth-order valence-electron chi connectivity index (χ4n) is 1.17. The molecule has 78 valence electrons. The van der Waals surface area contributed by atoms with Crippen LogP contribution in [0, 0.1) is 0 Å². The number of ether oxygens (including phenoxy) is 1. The van der Waals surface area contributed by atoms with Crippen molar-refractivity contribution in [3.63, 3.8) is 0 Å². The summed E-state index contributed by atoms with van der Waals surface area (Å²) in [6.07, 6.45) is -0.809. The topological polar surface area (TPSA) is 49.7 Å². The van der Waals surface area contributed by atoms with Crippen molar-refractivity contribution >= 4 is 0 Å². The van der Waals surface area contributed by atoms with Crippen LogP contribution in [0.5, 0.6) is 5.75 Å². The van der Waals surface area contributed by atoms with E-state index in [4.69, 9.17) is 4.74 Å². The first-order valence-corrected chi connectivity index (χ1v) is 4.53. The lowest BCUT2D eigenvalue weighted by atomic mass is 9.91. The van der Waals surface area contributed by atoms with Crippen LogP contribution in [0.2, 0.25) is 0 Å². The lowest BCUT2D eigenvalue weighted by Crippen LogP contribution is -2.33. The van der Waals surface area contributed by atoms with E-state index in [-0.39, 0.29) is 0 Å². The van der Waals surface area contributed by atoms with Gasteiger partial charge in [0.25, 0.3) is 0 Å². The monoisotopic (exact) mass is 196 g/mol. The van der Waals surface area contributed by atoms with Crippen LogP contribution >= 0.6 is 0 Å². The first-order chi connectivity index (χ1) is 6.48. The standard InChI is InChI=1S/C11H16O3/c1-8(12)11(2,13)9-4-6-10(14-3)7-5-9/h4-8,12-13H,1-3H3/t8-,11+/m0/s1. The highest BCUT2D eigenvalue weighted by Gasteiger charge is 2.28. The van der Waals surface area contributed by atoms with Gasteiger partial charge in [-0.1, -0.05) is 12.1 Å². The summed E-state index contributed by atoms with van der Waals surface area (Å²) >= 11 is 0. The summed E-state index contributed by atoms with van der Waals surface area (Å²) in [7, 11) is 1.59. The van der Waals surface area contributed by atoms with Crippen LogP contribution in [-0.4, -0.2) is 23.4 Å². The summed E-state index contributed by atoms with van der Waals surface area (Å²) in [6, 6.07) is 7.00. The third kappa shape index (κ3) is 2.05. The van der Waals surface area contributed by atoms with Crippen molar-refractivity contribution in [3.8, 4) is 5.75 Å². The Bertz CT molecular complexity index is 288. The summed E-state index contributed by atoms with van der Waals surface area (Å²) in [5.74, 6) is 0.732. The molecule has 14 heavy (non-hydrogen) atoms. The minimum absolute atomic E-state index is 0.674. The second kappa shape index (κ2) is 3.98. The van der Waals surface area contributed by atoms with Crippen LogP contribution in [-0.2, 0) is 5.60 Å². The Morgan fingerprint density at radius 3 is 2.14 bits per heavy atom. The Labute approximate surface area is 84.0 Å². The molecule has 0 radical (unpaired) electrons. The number of hydrogen-bond acceptors (Lipinski definition) is 3. The molecule has 0 amide bonds. The van der Waals surface area contributed by atoms with Crippen LogP contribution in [0.4, 0.5) is 0 Å². The van der Waals surface area contributed by atoms with Gasteiger partial charge in [0.05, 0.1) is 13.2 Å². The Hall–Kier alpha value is -1.06. The van der Waals surface area contributed by atoms with Crippen LogP contribution in [0.1, 0.15) is 19.4 Å². The molecule has 3 heteroatoms. The summed E-state index contributed by atoms with van der Waals surface area (Å²) in [4.78, 5) is 0. The first kappa shape index (κ1) is 11.0. The zero-order valence-electron chi connectivity index (χ0n) is 8.69. The van der Waals surface area contributed by atoms with Crippen molar-refractivity contribution in [1.82, 2.24) is 0 Å². The van der Waals surface area contributed by atoms with E-state index in [9.17, 15) is 10.2 Å². The number of aliphatic hydroxyl groups excluding tert-OH is 1. The van der Waals surface area contributed by atoms with Crippen LogP contribution in [0.3, 0.4) is 0 Å². The van der Waals surface area contributed by atoms with Gasteiger partial charge in [-0.3, -0.25) is 0 Å². The summed E-state index contributed by atoms with van der Waals surface area (Å²) in [5.41, 5.74) is -0.542. The van der Waals surface area contributed by atoms with E-state index in [1.807, 2.05) is 0 Å². The number of benzene rings is 1. The quantitative estimate of drug-likeness (QED) is 0.765. The maximum Gasteiger partial charge on any atom is 0.118 e. The molecule has 0 heterocycles. The molecule has 1 aromatic rings. The lowest BCUT2D eigenvalue weighted by Gasteiger charge is -2.27. The highest BCUT2D eigenvalue weighted by Crippen LogP contribution is 2.26. The molecule has 0 saturated heterocycles. The molecule has 1 aromatic carbocycles. The van der Waals surface area contributed by atoms with Crippen molar-refractivity contribution in [2.75, 3.05) is 7.11 Å². The number of methoxy groups -OCH3 is 1. The van der Waals surface area contributed by atoms with E-state index in [1.54, 1.807) is 45.2 Å². The fraction of sp³-hybridized carbons (Fsp3) is 0.455. The van der Waals surface area contributed by atoms with E-state index < -0.39 is 11.7 Å². The molecule has 0 bridgehead atoms. The van der Waals surface area contributed by atoms with E-state index >= 15 is 0 Å². The van der Waals surface area contributed by atoms with E-state index in [2.05, 4.69) is 0 Å². The number of rotatable bonds is 3. The van der Waals surface area contributed by atoms with Gasteiger partial charge in [-0.15, -0.1) is 0 Å². The molecule has 0 fully saturated rings. The second-order valence-corrected chi connectivity index (χ2v) is 3.55. The minimum atomic E-state index is -1.22. The Morgan fingerprint density at radius 1 is 1.29 bits per heavy atom. The Kier molecular flexibility index (Phi) is 3.13. The van der Waals surface area contributed by atoms with Crippen molar-refractivity contribution in [3.05, 3.63) is 29.8 Å². The van der Waals surface area contributed by atoms with Gasteiger partial charge < -0.3 is 14.9 Å². The van der Waals surface area contributed by atoms with Gasteiger partial charge in [0, 0.05) is 0 Å². The molecular weight excluding hydrogens is 180 g/mol. The van der Waals surface area contributed by atoms with Crippen LogP contribution < -0.4 is 4.74 Å². The molecule has 1 rings (SSSR count). The molecule has 0 aliphatic heterocycles. The SMILES string of the molecule is COc1ccc([C@](C)(O)[C@H](C)O)cc1. The average Bonchev–Trinajstić information content (AvgIpc) is 2.17. The predicted octanol–water partition coefficient (Wildman–Crippen LogP) is 1.28. The normalized spacial score (nSPS) is 17.2. The van der Waals surface area contributed by atoms with Crippen molar-refractivity contribution in [2.45, 2.75) is 25.6 Å². The van der Waals surface area contributed by atoms with E-state index in [1.165, 1.54) is 0 Å². The number of aliphatic hydroxyl groups is 2. The first-order valence-electron chi connectivity index (χ1n) is 4.53. The maximum atomic E-state index is 9.94. The second-order valence-electron chi connectivity index (χ2n) is 3.55. The van der Waals surface area contributed by atoms with Gasteiger partial charge in [-0.2, -0.15) is 0 Å². The molecule has 0 aliphatic carbocycles. The molecule has 0 aliphatic rings. The molecule has 0 saturated carbocycles. The van der Waals surface area contributed by atoms with Crippen molar-refractivity contribution in [2.24, 2.45) is 0 Å². The third-order valence-corrected chi connectivity index (χ3v) is 2.49. The van der Waals surface area contributed by atoms with Crippen molar-refractivity contribution in [1.29, 1.82) is 0 Å². The molecule has 0 spiro atoms. The van der Waals surface area contributed by atoms with Crippen LogP contribution in [0.25, 0.3) is 0 Å². The van der Waals surface area contributed by atoms with Gasteiger partial charge in [-0.25, -0.2) is 0 Å². The summed E-state index contributed by atoms with van der Waals surface area (Å²) in [6.45, 7) is 3.14. The van der Waals surface area contributed by atoms with Gasteiger partial charge in [0.2, 0.25) is 0 Å². The van der Waals surface area contributed by atoms with Gasteiger partial charge in [0.1, 0.15) is 11.4 Å². The van der Waals surface area contributed by atoms with E-state index in [0.717, 1.165) is 5.75 Å². The molecular formula is C11H16O3. The smallest absolute Gasteiger partial charge is 0.118 e. The molecule has 3 nitrogen and oxygen atoms in total. The van der Waals surface area contributed by atoms with Gasteiger partial charge in [-0.05, 0) is 31.5 Å². The largest absolute Gasteiger partial charge is 0.497 e. The molecule has 2 N–H and O–H groups in total. The highest BCUT2D eigenvalue weighted by molar-refractivity contribution is 5.30. The van der Waals surface area contributed by atoms with Gasteiger partial charge in [0.15, 0.2) is 0 Å². The lowest BCUT2D eigenvalue weighted by molar-refractivity contribution is -0.0570. The minimum Gasteiger partial charge on any atom is -0.497 e. The average molecular weight is 196 g/mol. The predicted molar refractivity (Wildman–Crippen MR) is 54.2 cm³/mol. The highest BCUT2D eigenvalue weighted by atomic mass is 16.5. The molecule has 2 atom stereocenters. The molecule has 0 unspecified atom stereocenters. The Balaban J connectivity index is 2.97. The zero-order valence-corrected chi connectivity index (χ0v) is 8.69. The maximum absolute atomic E-state index is 9.94. The summed E-state index contributed by atoms with van der Waals surface area (Å²) in [5, 5.41) is 19.3.